The van der Waals surface area contributed by atoms with Crippen LogP contribution in [0.25, 0.3) is 0 Å². The van der Waals surface area contributed by atoms with Crippen molar-refractivity contribution in [2.24, 2.45) is 5.92 Å². The Balaban J connectivity index is 1.45. The number of rotatable bonds is 4. The average Bonchev–Trinajstić information content (AvgIpc) is 3.29. The number of hydrogen-bond acceptors (Lipinski definition) is 3. The molecule has 1 saturated heterocycles. The molecule has 1 heterocycles. The predicted molar refractivity (Wildman–Crippen MR) is 104 cm³/mol. The lowest BCUT2D eigenvalue weighted by atomic mass is 9.79. The molecule has 1 aromatic rings. The molecule has 1 amide bonds. The third-order valence-corrected chi connectivity index (χ3v) is 6.78. The highest BCUT2D eigenvalue weighted by Crippen LogP contribution is 2.44. The summed E-state index contributed by atoms with van der Waals surface area (Å²) in [7, 11) is 3.46. The van der Waals surface area contributed by atoms with Gasteiger partial charge in [0.25, 0.3) is 0 Å². The fourth-order valence-electron chi connectivity index (χ4n) is 5.36. The molecule has 3 aliphatic rings. The van der Waals surface area contributed by atoms with Gasteiger partial charge in [-0.3, -0.25) is 4.90 Å². The molecule has 4 rings (SSSR count). The van der Waals surface area contributed by atoms with Crippen LogP contribution in [0.5, 0.6) is 5.75 Å². The molecule has 1 aromatic carbocycles. The molecule has 0 bridgehead atoms. The summed E-state index contributed by atoms with van der Waals surface area (Å²) in [6, 6.07) is 6.96. The number of benzene rings is 1. The number of hydrogen-bond donors (Lipinski definition) is 0. The van der Waals surface area contributed by atoms with Gasteiger partial charge in [-0.25, -0.2) is 4.79 Å². The Morgan fingerprint density at radius 2 is 2.00 bits per heavy atom. The van der Waals surface area contributed by atoms with E-state index in [0.29, 0.717) is 12.0 Å². The Hall–Kier alpha value is -1.55. The fraction of sp³-hybridized carbons (Fsp3) is 0.682. The number of nitrogens with zero attached hydrogens (tertiary/aromatic N) is 2. The molecule has 0 unspecified atom stereocenters. The Morgan fingerprint density at radius 1 is 1.19 bits per heavy atom. The topological polar surface area (TPSA) is 32.8 Å². The van der Waals surface area contributed by atoms with Gasteiger partial charge in [-0.1, -0.05) is 37.8 Å². The highest BCUT2D eigenvalue weighted by atomic mass is 16.6. The Bertz CT molecular complexity index is 652. The number of amides is 1. The molecule has 0 N–H and O–H groups in total. The minimum atomic E-state index is -0.287. The third-order valence-electron chi connectivity index (χ3n) is 6.78. The number of fused-ring (bicyclic) bond motifs is 3. The van der Waals surface area contributed by atoms with Crippen molar-refractivity contribution in [3.63, 3.8) is 0 Å². The summed E-state index contributed by atoms with van der Waals surface area (Å²) >= 11 is 0. The summed E-state index contributed by atoms with van der Waals surface area (Å²) < 4.78 is 5.64. The quantitative estimate of drug-likeness (QED) is 0.800. The first-order chi connectivity index (χ1) is 12.6. The summed E-state index contributed by atoms with van der Waals surface area (Å²) in [5.41, 5.74) is 2.69. The van der Waals surface area contributed by atoms with Crippen molar-refractivity contribution >= 4 is 6.09 Å². The minimum Gasteiger partial charge on any atom is -0.410 e. The van der Waals surface area contributed by atoms with E-state index < -0.39 is 0 Å². The largest absolute Gasteiger partial charge is 0.414 e. The molecule has 0 spiro atoms. The van der Waals surface area contributed by atoms with Crippen LogP contribution in [-0.4, -0.2) is 49.1 Å². The molecule has 26 heavy (non-hydrogen) atoms. The minimum absolute atomic E-state index is 0.287. The fourth-order valence-corrected chi connectivity index (χ4v) is 5.36. The van der Waals surface area contributed by atoms with Gasteiger partial charge in [0.1, 0.15) is 5.75 Å². The van der Waals surface area contributed by atoms with Crippen LogP contribution >= 0.6 is 0 Å². The first-order valence-corrected chi connectivity index (χ1v) is 10.4. The van der Waals surface area contributed by atoms with Gasteiger partial charge in [-0.2, -0.15) is 0 Å². The van der Waals surface area contributed by atoms with Crippen molar-refractivity contribution in [1.82, 2.24) is 9.80 Å². The van der Waals surface area contributed by atoms with Crippen molar-refractivity contribution in [3.05, 3.63) is 29.3 Å². The maximum absolute atomic E-state index is 12.0. The van der Waals surface area contributed by atoms with Crippen LogP contribution in [0, 0.1) is 5.92 Å². The van der Waals surface area contributed by atoms with Gasteiger partial charge in [-0.15, -0.1) is 0 Å². The standard InChI is InChI=1S/C22H32N2O2/c1-23(2)22(25)26-21-9-5-8-17-18-13-15-24(20(18)11-10-19(17)21)14-12-16-6-3-4-7-16/h5,8-9,16,18,20H,3-4,6-7,10-15H2,1-2H3/t18-,20+/m1/s1. The molecule has 0 aromatic heterocycles. The van der Waals surface area contributed by atoms with Gasteiger partial charge >= 0.3 is 6.09 Å². The van der Waals surface area contributed by atoms with Gasteiger partial charge in [0.15, 0.2) is 0 Å². The lowest BCUT2D eigenvalue weighted by Crippen LogP contribution is -2.36. The van der Waals surface area contributed by atoms with Crippen molar-refractivity contribution in [1.29, 1.82) is 0 Å². The molecular weight excluding hydrogens is 324 g/mol. The van der Waals surface area contributed by atoms with Crippen LogP contribution < -0.4 is 4.74 Å². The molecule has 0 radical (unpaired) electrons. The van der Waals surface area contributed by atoms with E-state index in [1.54, 1.807) is 14.1 Å². The van der Waals surface area contributed by atoms with Gasteiger partial charge in [-0.05, 0) is 61.9 Å². The Labute approximate surface area is 157 Å². The second-order valence-corrected chi connectivity index (χ2v) is 8.56. The van der Waals surface area contributed by atoms with Crippen LogP contribution in [0.1, 0.15) is 62.0 Å². The van der Waals surface area contributed by atoms with Gasteiger partial charge in [0.05, 0.1) is 0 Å². The highest BCUT2D eigenvalue weighted by molar-refractivity contribution is 5.70. The predicted octanol–water partition coefficient (Wildman–Crippen LogP) is 4.43. The smallest absolute Gasteiger partial charge is 0.410 e. The second-order valence-electron chi connectivity index (χ2n) is 8.56. The summed E-state index contributed by atoms with van der Waals surface area (Å²) in [5, 5.41) is 0. The summed E-state index contributed by atoms with van der Waals surface area (Å²) in [5.74, 6) is 2.35. The lowest BCUT2D eigenvalue weighted by Gasteiger charge is -2.34. The van der Waals surface area contributed by atoms with Crippen molar-refractivity contribution in [2.45, 2.75) is 63.3 Å². The van der Waals surface area contributed by atoms with E-state index in [9.17, 15) is 4.79 Å². The first kappa shape index (κ1) is 17.8. The summed E-state index contributed by atoms with van der Waals surface area (Å²) in [4.78, 5) is 16.2. The number of carbonyl (C=O) groups excluding carboxylic acids is 1. The van der Waals surface area contributed by atoms with Crippen LogP contribution in [0.15, 0.2) is 18.2 Å². The SMILES string of the molecule is CN(C)C(=O)Oc1cccc2c1CC[C@H]1[C@@H]2CCN1CCC1CCCC1. The normalized spacial score (nSPS) is 25.8. The van der Waals surface area contributed by atoms with E-state index >= 15 is 0 Å². The first-order valence-electron chi connectivity index (χ1n) is 10.4. The second kappa shape index (κ2) is 7.59. The van der Waals surface area contributed by atoms with Gasteiger partial charge < -0.3 is 9.64 Å². The van der Waals surface area contributed by atoms with Crippen LogP contribution in [0.3, 0.4) is 0 Å². The number of carbonyl (C=O) groups is 1. The third kappa shape index (κ3) is 3.48. The molecule has 142 valence electrons. The zero-order valence-corrected chi connectivity index (χ0v) is 16.2. The molecule has 2 fully saturated rings. The lowest BCUT2D eigenvalue weighted by molar-refractivity contribution is 0.170. The molecule has 2 atom stereocenters. The van der Waals surface area contributed by atoms with E-state index in [4.69, 9.17) is 4.74 Å². The van der Waals surface area contributed by atoms with Gasteiger partial charge in [0.2, 0.25) is 0 Å². The monoisotopic (exact) mass is 356 g/mol. The van der Waals surface area contributed by atoms with Crippen LogP contribution in [0.2, 0.25) is 0 Å². The van der Waals surface area contributed by atoms with Crippen LogP contribution in [0.4, 0.5) is 4.79 Å². The Morgan fingerprint density at radius 3 is 2.77 bits per heavy atom. The van der Waals surface area contributed by atoms with Crippen molar-refractivity contribution < 1.29 is 9.53 Å². The summed E-state index contributed by atoms with van der Waals surface area (Å²) in [6.45, 7) is 2.50. The van der Waals surface area contributed by atoms with Gasteiger partial charge in [0, 0.05) is 26.1 Å². The Kier molecular flexibility index (Phi) is 5.21. The number of ether oxygens (including phenoxy) is 1. The maximum atomic E-state index is 12.0. The maximum Gasteiger partial charge on any atom is 0.414 e. The highest BCUT2D eigenvalue weighted by Gasteiger charge is 2.39. The van der Waals surface area contributed by atoms with E-state index in [-0.39, 0.29) is 6.09 Å². The average molecular weight is 357 g/mol. The number of likely N-dealkylation sites (tertiary alicyclic amines) is 1. The molecule has 1 saturated carbocycles. The molecule has 4 heteroatoms. The molecule has 1 aliphatic heterocycles. The van der Waals surface area contributed by atoms with E-state index in [0.717, 1.165) is 18.1 Å². The van der Waals surface area contributed by atoms with Crippen molar-refractivity contribution in [3.8, 4) is 5.75 Å². The van der Waals surface area contributed by atoms with Crippen molar-refractivity contribution in [2.75, 3.05) is 27.2 Å². The van der Waals surface area contributed by atoms with E-state index in [2.05, 4.69) is 17.0 Å². The van der Waals surface area contributed by atoms with Crippen LogP contribution in [-0.2, 0) is 6.42 Å². The molecular formula is C22H32N2O2. The zero-order chi connectivity index (χ0) is 18.1. The van der Waals surface area contributed by atoms with E-state index in [1.807, 2.05) is 6.07 Å². The van der Waals surface area contributed by atoms with E-state index in [1.165, 1.54) is 74.1 Å². The molecule has 4 nitrogen and oxygen atoms in total. The molecule has 2 aliphatic carbocycles. The zero-order valence-electron chi connectivity index (χ0n) is 16.2. The summed E-state index contributed by atoms with van der Waals surface area (Å²) in [6.07, 6.45) is 10.3.